The van der Waals surface area contributed by atoms with Gasteiger partial charge in [-0.05, 0) is 0 Å². The van der Waals surface area contributed by atoms with Crippen LogP contribution in [0.1, 0.15) is 0 Å². The summed E-state index contributed by atoms with van der Waals surface area (Å²) >= 11 is 0. The van der Waals surface area contributed by atoms with E-state index in [4.69, 9.17) is 0 Å². The molecule has 0 saturated heterocycles. The maximum atomic E-state index is 11.2. The molecule has 5 nitrogen and oxygen atoms in total. The van der Waals surface area contributed by atoms with Crippen LogP contribution < -0.4 is 4.90 Å². The first-order valence-electron chi connectivity index (χ1n) is 3.64. The van der Waals surface area contributed by atoms with Gasteiger partial charge in [-0.25, -0.2) is 9.59 Å². The molecule has 0 radical (unpaired) electrons. The van der Waals surface area contributed by atoms with E-state index in [0.29, 0.717) is 0 Å². The van der Waals surface area contributed by atoms with E-state index in [0.717, 1.165) is 0 Å². The molecule has 0 atom stereocenters. The molecule has 4 amide bonds. The first kappa shape index (κ1) is 10.9. The Labute approximate surface area is 72.5 Å². The molecule has 0 saturated carbocycles. The standard InChI is InChI=1S/C7H15N3O2/c1-8(2)6(11)10(5)7(12)9(3)4/h1-5H3/p+1. The maximum absolute atomic E-state index is 11.2. The molecule has 12 heavy (non-hydrogen) atoms. The van der Waals surface area contributed by atoms with Crippen LogP contribution in [0.25, 0.3) is 0 Å². The molecule has 5 heteroatoms. The normalized spacial score (nSPS) is 9.83. The highest BCUT2D eigenvalue weighted by atomic mass is 16.2. The molecule has 0 aromatic rings. The Hall–Kier alpha value is -1.10. The SMILES string of the molecule is CN(C)C(=O)[NH+](C)C(=O)N(C)C. The van der Waals surface area contributed by atoms with Gasteiger partial charge in [0.1, 0.15) is 0 Å². The van der Waals surface area contributed by atoms with Crippen LogP contribution in [-0.2, 0) is 0 Å². The van der Waals surface area contributed by atoms with E-state index in [1.807, 2.05) is 0 Å². The Balaban J connectivity index is 4.30. The van der Waals surface area contributed by atoms with Crippen LogP contribution in [0.3, 0.4) is 0 Å². The van der Waals surface area contributed by atoms with Crippen LogP contribution in [0, 0.1) is 0 Å². The minimum Gasteiger partial charge on any atom is -0.298 e. The molecule has 0 aromatic carbocycles. The lowest BCUT2D eigenvalue weighted by Crippen LogP contribution is -3.16. The minimum atomic E-state index is -0.242. The highest BCUT2D eigenvalue weighted by Gasteiger charge is 2.26. The average molecular weight is 174 g/mol. The molecule has 0 heterocycles. The van der Waals surface area contributed by atoms with Crippen molar-refractivity contribution in [1.29, 1.82) is 0 Å². The summed E-state index contributed by atoms with van der Waals surface area (Å²) in [7, 11) is 8.01. The number of urea groups is 2. The zero-order chi connectivity index (χ0) is 9.89. The number of nitrogens with zero attached hydrogens (tertiary/aromatic N) is 2. The number of quaternary nitrogens is 1. The van der Waals surface area contributed by atoms with Gasteiger partial charge in [-0.1, -0.05) is 0 Å². The molecule has 0 rings (SSSR count). The van der Waals surface area contributed by atoms with E-state index in [1.54, 1.807) is 28.2 Å². The Bertz CT molecular complexity index is 169. The van der Waals surface area contributed by atoms with Gasteiger partial charge in [-0.15, -0.1) is 0 Å². The summed E-state index contributed by atoms with van der Waals surface area (Å²) < 4.78 is 0. The zero-order valence-electron chi connectivity index (χ0n) is 8.21. The lowest BCUT2D eigenvalue weighted by Gasteiger charge is -2.17. The van der Waals surface area contributed by atoms with E-state index in [-0.39, 0.29) is 17.0 Å². The molecule has 0 fully saturated rings. The second-order valence-corrected chi connectivity index (χ2v) is 3.02. The van der Waals surface area contributed by atoms with E-state index in [1.165, 1.54) is 16.8 Å². The molecule has 0 aliphatic carbocycles. The highest BCUT2D eigenvalue weighted by molar-refractivity contribution is 5.78. The highest BCUT2D eigenvalue weighted by Crippen LogP contribution is 1.74. The van der Waals surface area contributed by atoms with Crippen molar-refractivity contribution in [1.82, 2.24) is 9.80 Å². The number of hydrogen-bond donors (Lipinski definition) is 1. The Morgan fingerprint density at radius 2 is 1.17 bits per heavy atom. The third kappa shape index (κ3) is 2.50. The Morgan fingerprint density at radius 1 is 0.917 bits per heavy atom. The van der Waals surface area contributed by atoms with E-state index in [9.17, 15) is 9.59 Å². The summed E-state index contributed by atoms with van der Waals surface area (Å²) in [6, 6.07) is -0.484. The zero-order valence-corrected chi connectivity index (χ0v) is 8.21. The molecule has 0 spiro atoms. The number of imide groups is 1. The van der Waals surface area contributed by atoms with Crippen LogP contribution >= 0.6 is 0 Å². The summed E-state index contributed by atoms with van der Waals surface area (Å²) in [5.41, 5.74) is 0. The molecule has 0 aliphatic heterocycles. The molecule has 0 aromatic heterocycles. The van der Waals surface area contributed by atoms with Gasteiger partial charge in [-0.3, -0.25) is 9.80 Å². The number of hydrogen-bond acceptors (Lipinski definition) is 2. The summed E-state index contributed by atoms with van der Waals surface area (Å²) in [6.07, 6.45) is 0. The molecule has 0 bridgehead atoms. The molecule has 70 valence electrons. The third-order valence-corrected chi connectivity index (χ3v) is 1.45. The lowest BCUT2D eigenvalue weighted by molar-refractivity contribution is -0.709. The number of rotatable bonds is 0. The predicted molar refractivity (Wildman–Crippen MR) is 45.1 cm³/mol. The van der Waals surface area contributed by atoms with Gasteiger partial charge < -0.3 is 0 Å². The quantitative estimate of drug-likeness (QED) is 0.505. The second-order valence-electron chi connectivity index (χ2n) is 3.02. The van der Waals surface area contributed by atoms with Crippen molar-refractivity contribution in [3.8, 4) is 0 Å². The first-order valence-corrected chi connectivity index (χ1v) is 3.64. The molecule has 0 aliphatic rings. The Morgan fingerprint density at radius 3 is 1.33 bits per heavy atom. The van der Waals surface area contributed by atoms with Crippen molar-refractivity contribution in [2.24, 2.45) is 0 Å². The number of carbonyl (C=O) groups is 2. The smallest absolute Gasteiger partial charge is 0.298 e. The molecular weight excluding hydrogens is 158 g/mol. The van der Waals surface area contributed by atoms with Gasteiger partial charge in [0.25, 0.3) is 0 Å². The summed E-state index contributed by atoms with van der Waals surface area (Å²) in [4.78, 5) is 25.5. The number of carbonyl (C=O) groups excluding carboxylic acids is 2. The van der Waals surface area contributed by atoms with E-state index in [2.05, 4.69) is 0 Å². The largest absolute Gasteiger partial charge is 0.425 e. The van der Waals surface area contributed by atoms with Gasteiger partial charge >= 0.3 is 12.1 Å². The summed E-state index contributed by atoms with van der Waals surface area (Å²) in [5.74, 6) is 0. The third-order valence-electron chi connectivity index (χ3n) is 1.45. The Kier molecular flexibility index (Phi) is 3.69. The predicted octanol–water partition coefficient (Wildman–Crippen LogP) is -1.14. The van der Waals surface area contributed by atoms with Crippen molar-refractivity contribution in [2.75, 3.05) is 35.2 Å². The second kappa shape index (κ2) is 4.06. The van der Waals surface area contributed by atoms with Crippen LogP contribution in [-0.4, -0.2) is 57.1 Å². The monoisotopic (exact) mass is 174 g/mol. The van der Waals surface area contributed by atoms with Crippen LogP contribution in [0.2, 0.25) is 0 Å². The van der Waals surface area contributed by atoms with Crippen LogP contribution in [0.5, 0.6) is 0 Å². The van der Waals surface area contributed by atoms with Gasteiger partial charge in [0, 0.05) is 28.2 Å². The average Bonchev–Trinajstić information content (AvgIpc) is 2.00. The summed E-state index contributed by atoms with van der Waals surface area (Å²) in [5, 5.41) is 0. The van der Waals surface area contributed by atoms with E-state index < -0.39 is 0 Å². The van der Waals surface area contributed by atoms with Crippen molar-refractivity contribution < 1.29 is 14.5 Å². The van der Waals surface area contributed by atoms with Crippen LogP contribution in [0.15, 0.2) is 0 Å². The van der Waals surface area contributed by atoms with Crippen molar-refractivity contribution in [3.63, 3.8) is 0 Å². The minimum absolute atomic E-state index is 0.241. The molecule has 1 N–H and O–H groups in total. The van der Waals surface area contributed by atoms with Crippen molar-refractivity contribution in [3.05, 3.63) is 0 Å². The fourth-order valence-corrected chi connectivity index (χ4v) is 0.762. The number of amides is 4. The van der Waals surface area contributed by atoms with Gasteiger partial charge in [0.2, 0.25) is 0 Å². The van der Waals surface area contributed by atoms with Crippen LogP contribution in [0.4, 0.5) is 9.59 Å². The molecule has 0 unspecified atom stereocenters. The first-order chi connectivity index (χ1) is 5.37. The maximum Gasteiger partial charge on any atom is 0.425 e. The van der Waals surface area contributed by atoms with Gasteiger partial charge in [0.15, 0.2) is 0 Å². The van der Waals surface area contributed by atoms with E-state index >= 15 is 0 Å². The summed E-state index contributed by atoms with van der Waals surface area (Å²) in [6.45, 7) is 0. The van der Waals surface area contributed by atoms with Gasteiger partial charge in [-0.2, -0.15) is 4.90 Å². The fraction of sp³-hybridized carbons (Fsp3) is 0.714. The molecular formula is C7H16N3O2+. The van der Waals surface area contributed by atoms with Crippen molar-refractivity contribution in [2.45, 2.75) is 0 Å². The topological polar surface area (TPSA) is 45.1 Å². The number of nitrogens with one attached hydrogen (secondary N) is 1. The van der Waals surface area contributed by atoms with Crippen molar-refractivity contribution >= 4 is 12.1 Å². The van der Waals surface area contributed by atoms with Gasteiger partial charge in [0.05, 0.1) is 7.05 Å². The fourth-order valence-electron chi connectivity index (χ4n) is 0.762. The lowest BCUT2D eigenvalue weighted by atomic mass is 10.6.